The average molecular weight is 277 g/mol. The number of oxime groups is 1. The molecule has 0 spiro atoms. The van der Waals surface area contributed by atoms with Crippen molar-refractivity contribution in [1.82, 2.24) is 0 Å². The van der Waals surface area contributed by atoms with Gasteiger partial charge in [-0.25, -0.2) is 4.39 Å². The first-order valence-electron chi connectivity index (χ1n) is 4.17. The van der Waals surface area contributed by atoms with Gasteiger partial charge in [-0.3, -0.25) is 0 Å². The maximum absolute atomic E-state index is 12.8. The highest BCUT2D eigenvalue weighted by atomic mass is 79.9. The fraction of sp³-hybridized carbons (Fsp3) is 0.222. The molecule has 4 nitrogen and oxygen atoms in total. The molecular formula is C9H10BrFN2O2. The van der Waals surface area contributed by atoms with E-state index in [1.54, 1.807) is 0 Å². The Morgan fingerprint density at radius 1 is 1.60 bits per heavy atom. The lowest BCUT2D eigenvalue weighted by Crippen LogP contribution is -2.15. The Morgan fingerprint density at radius 3 is 2.93 bits per heavy atom. The molecule has 1 aromatic rings. The minimum absolute atomic E-state index is 0.0937. The van der Waals surface area contributed by atoms with Gasteiger partial charge in [0.1, 0.15) is 17.4 Å². The molecule has 1 aromatic carbocycles. The SMILES string of the molecule is N/C(CCOc1ccc(F)c(Br)c1)=N/O. The molecule has 3 N–H and O–H groups in total. The predicted octanol–water partition coefficient (Wildman–Crippen LogP) is 2.10. The number of ether oxygens (including phenoxy) is 1. The summed E-state index contributed by atoms with van der Waals surface area (Å²) >= 11 is 3.04. The molecule has 0 radical (unpaired) electrons. The second kappa shape index (κ2) is 5.55. The molecule has 0 saturated carbocycles. The van der Waals surface area contributed by atoms with Gasteiger partial charge in [-0.1, -0.05) is 5.16 Å². The first kappa shape index (κ1) is 11.8. The molecule has 0 aliphatic heterocycles. The van der Waals surface area contributed by atoms with Crippen LogP contribution in [0.5, 0.6) is 5.75 Å². The highest BCUT2D eigenvalue weighted by molar-refractivity contribution is 9.10. The molecular weight excluding hydrogens is 267 g/mol. The Morgan fingerprint density at radius 2 is 2.33 bits per heavy atom. The predicted molar refractivity (Wildman–Crippen MR) is 57.6 cm³/mol. The quantitative estimate of drug-likeness (QED) is 0.383. The van der Waals surface area contributed by atoms with Crippen molar-refractivity contribution in [2.24, 2.45) is 10.9 Å². The van der Waals surface area contributed by atoms with Crippen molar-refractivity contribution in [3.63, 3.8) is 0 Å². The molecule has 15 heavy (non-hydrogen) atoms. The Hall–Kier alpha value is -1.30. The molecule has 0 unspecified atom stereocenters. The van der Waals surface area contributed by atoms with Crippen molar-refractivity contribution in [1.29, 1.82) is 0 Å². The molecule has 0 aromatic heterocycles. The molecule has 0 aliphatic rings. The monoisotopic (exact) mass is 276 g/mol. The molecule has 6 heteroatoms. The van der Waals surface area contributed by atoms with Gasteiger partial charge in [-0.15, -0.1) is 0 Å². The van der Waals surface area contributed by atoms with Crippen LogP contribution in [0.2, 0.25) is 0 Å². The average Bonchev–Trinajstić information content (AvgIpc) is 2.23. The van der Waals surface area contributed by atoms with E-state index in [0.717, 1.165) is 0 Å². The van der Waals surface area contributed by atoms with Crippen LogP contribution in [0, 0.1) is 5.82 Å². The first-order valence-corrected chi connectivity index (χ1v) is 4.97. The van der Waals surface area contributed by atoms with Gasteiger partial charge in [0.25, 0.3) is 0 Å². The van der Waals surface area contributed by atoms with Gasteiger partial charge in [0.2, 0.25) is 0 Å². The highest BCUT2D eigenvalue weighted by Crippen LogP contribution is 2.21. The summed E-state index contributed by atoms with van der Waals surface area (Å²) in [6.45, 7) is 0.272. The number of benzene rings is 1. The zero-order valence-corrected chi connectivity index (χ0v) is 9.37. The summed E-state index contributed by atoms with van der Waals surface area (Å²) in [5, 5.41) is 11.1. The van der Waals surface area contributed by atoms with E-state index in [1.165, 1.54) is 18.2 Å². The number of nitrogens with two attached hydrogens (primary N) is 1. The Labute approximate surface area is 94.7 Å². The van der Waals surface area contributed by atoms with Crippen LogP contribution in [0.25, 0.3) is 0 Å². The Kier molecular flexibility index (Phi) is 4.36. The fourth-order valence-corrected chi connectivity index (χ4v) is 1.25. The van der Waals surface area contributed by atoms with Crippen LogP contribution in [0.4, 0.5) is 4.39 Å². The van der Waals surface area contributed by atoms with E-state index in [4.69, 9.17) is 15.7 Å². The van der Waals surface area contributed by atoms with Gasteiger partial charge in [-0.2, -0.15) is 0 Å². The van der Waals surface area contributed by atoms with E-state index in [0.29, 0.717) is 16.6 Å². The molecule has 0 aliphatic carbocycles. The smallest absolute Gasteiger partial charge is 0.142 e. The third-order valence-electron chi connectivity index (χ3n) is 1.65. The second-order valence-corrected chi connectivity index (χ2v) is 3.62. The molecule has 0 amide bonds. The van der Waals surface area contributed by atoms with Crippen LogP contribution in [-0.2, 0) is 0 Å². The van der Waals surface area contributed by atoms with Crippen molar-refractivity contribution in [3.8, 4) is 5.75 Å². The van der Waals surface area contributed by atoms with E-state index in [-0.39, 0.29) is 18.3 Å². The van der Waals surface area contributed by atoms with E-state index < -0.39 is 0 Å². The van der Waals surface area contributed by atoms with Gasteiger partial charge in [-0.05, 0) is 34.1 Å². The van der Waals surface area contributed by atoms with Crippen LogP contribution in [0.3, 0.4) is 0 Å². The van der Waals surface area contributed by atoms with E-state index >= 15 is 0 Å². The van der Waals surface area contributed by atoms with Gasteiger partial charge in [0, 0.05) is 6.42 Å². The first-order chi connectivity index (χ1) is 7.13. The number of nitrogens with zero attached hydrogens (tertiary/aromatic N) is 1. The van der Waals surface area contributed by atoms with Crippen molar-refractivity contribution in [3.05, 3.63) is 28.5 Å². The minimum Gasteiger partial charge on any atom is -0.493 e. The summed E-state index contributed by atoms with van der Waals surface area (Å²) in [6, 6.07) is 4.32. The van der Waals surface area contributed by atoms with Crippen molar-refractivity contribution < 1.29 is 14.3 Å². The van der Waals surface area contributed by atoms with Crippen molar-refractivity contribution >= 4 is 21.8 Å². The summed E-state index contributed by atoms with van der Waals surface area (Å²) in [5.41, 5.74) is 5.24. The fourth-order valence-electron chi connectivity index (χ4n) is 0.890. The summed E-state index contributed by atoms with van der Waals surface area (Å²) < 4.78 is 18.4. The van der Waals surface area contributed by atoms with Gasteiger partial charge in [0.05, 0.1) is 11.1 Å². The number of hydrogen-bond donors (Lipinski definition) is 2. The van der Waals surface area contributed by atoms with Crippen molar-refractivity contribution in [2.75, 3.05) is 6.61 Å². The molecule has 0 heterocycles. The zero-order chi connectivity index (χ0) is 11.3. The molecule has 82 valence electrons. The number of halogens is 2. The van der Waals surface area contributed by atoms with Crippen LogP contribution in [-0.4, -0.2) is 17.6 Å². The molecule has 1 rings (SSSR count). The molecule has 0 bridgehead atoms. The lowest BCUT2D eigenvalue weighted by molar-refractivity contribution is 0.305. The maximum Gasteiger partial charge on any atom is 0.142 e. The lowest BCUT2D eigenvalue weighted by Gasteiger charge is -2.05. The number of hydrogen-bond acceptors (Lipinski definition) is 3. The summed E-state index contributed by atoms with van der Waals surface area (Å²) in [7, 11) is 0. The second-order valence-electron chi connectivity index (χ2n) is 2.77. The Bertz CT molecular complexity index is 371. The topological polar surface area (TPSA) is 67.8 Å². The largest absolute Gasteiger partial charge is 0.493 e. The number of rotatable bonds is 4. The standard InChI is InChI=1S/C9H10BrFN2O2/c10-7-5-6(1-2-8(7)11)15-4-3-9(12)13-14/h1-2,5,14H,3-4H2,(H2,12,13). The van der Waals surface area contributed by atoms with Gasteiger partial charge < -0.3 is 15.7 Å². The normalized spacial score (nSPS) is 11.5. The summed E-state index contributed by atoms with van der Waals surface area (Å²) in [5.74, 6) is 0.268. The maximum atomic E-state index is 12.8. The third-order valence-corrected chi connectivity index (χ3v) is 2.25. The van der Waals surface area contributed by atoms with Gasteiger partial charge in [0.15, 0.2) is 0 Å². The molecule has 0 atom stereocenters. The Balaban J connectivity index is 2.48. The van der Waals surface area contributed by atoms with Crippen LogP contribution >= 0.6 is 15.9 Å². The van der Waals surface area contributed by atoms with Crippen LogP contribution in [0.15, 0.2) is 27.8 Å². The third kappa shape index (κ3) is 3.75. The van der Waals surface area contributed by atoms with E-state index in [1.807, 2.05) is 0 Å². The highest BCUT2D eigenvalue weighted by Gasteiger charge is 2.01. The lowest BCUT2D eigenvalue weighted by atomic mass is 10.3. The van der Waals surface area contributed by atoms with E-state index in [2.05, 4.69) is 21.1 Å². The van der Waals surface area contributed by atoms with Gasteiger partial charge >= 0.3 is 0 Å². The van der Waals surface area contributed by atoms with Crippen molar-refractivity contribution in [2.45, 2.75) is 6.42 Å². The summed E-state index contributed by atoms with van der Waals surface area (Å²) in [6.07, 6.45) is 0.311. The number of amidine groups is 1. The molecule has 0 fully saturated rings. The molecule has 0 saturated heterocycles. The minimum atomic E-state index is -0.348. The van der Waals surface area contributed by atoms with Crippen LogP contribution in [0.1, 0.15) is 6.42 Å². The zero-order valence-electron chi connectivity index (χ0n) is 7.78. The van der Waals surface area contributed by atoms with E-state index in [9.17, 15) is 4.39 Å². The summed E-state index contributed by atoms with van der Waals surface area (Å²) in [4.78, 5) is 0. The van der Waals surface area contributed by atoms with Crippen LogP contribution < -0.4 is 10.5 Å².